The van der Waals surface area contributed by atoms with E-state index in [0.717, 1.165) is 6.08 Å². The fourth-order valence-corrected chi connectivity index (χ4v) is 1.20. The van der Waals surface area contributed by atoms with Gasteiger partial charge in [-0.25, -0.2) is 9.59 Å². The number of anilines is 1. The first-order valence-electron chi connectivity index (χ1n) is 5.39. The zero-order chi connectivity index (χ0) is 15.2. The van der Waals surface area contributed by atoms with Crippen LogP contribution in [0.4, 0.5) is 23.7 Å². The molecule has 1 rings (SSSR count). The molecule has 0 aromatic heterocycles. The van der Waals surface area contributed by atoms with Gasteiger partial charge in [0.1, 0.15) is 6.54 Å². The lowest BCUT2D eigenvalue weighted by Gasteiger charge is -2.09. The van der Waals surface area contributed by atoms with E-state index < -0.39 is 24.7 Å². The van der Waals surface area contributed by atoms with Gasteiger partial charge in [0.2, 0.25) is 0 Å². The number of rotatable bonds is 4. The average molecular weight is 288 g/mol. The van der Waals surface area contributed by atoms with Crippen molar-refractivity contribution in [3.8, 4) is 0 Å². The molecule has 0 saturated heterocycles. The Hall–Kier alpha value is -2.51. The summed E-state index contributed by atoms with van der Waals surface area (Å²) >= 11 is 0. The molecule has 0 radical (unpaired) electrons. The van der Waals surface area contributed by atoms with Crippen molar-refractivity contribution in [1.82, 2.24) is 5.32 Å². The SMILES string of the molecule is O=C(O)/C=C/c1ccc(NC(=O)NCC(F)(F)F)cc1. The van der Waals surface area contributed by atoms with Gasteiger partial charge in [-0.15, -0.1) is 0 Å². The van der Waals surface area contributed by atoms with E-state index in [1.54, 1.807) is 5.32 Å². The molecule has 0 atom stereocenters. The van der Waals surface area contributed by atoms with E-state index >= 15 is 0 Å². The summed E-state index contributed by atoms with van der Waals surface area (Å²) in [6.45, 7) is -1.42. The fraction of sp³-hybridized carbons (Fsp3) is 0.167. The van der Waals surface area contributed by atoms with Crippen LogP contribution in [0.2, 0.25) is 0 Å². The first kappa shape index (κ1) is 15.5. The van der Waals surface area contributed by atoms with Crippen LogP contribution in [0.25, 0.3) is 6.08 Å². The minimum Gasteiger partial charge on any atom is -0.478 e. The van der Waals surface area contributed by atoms with Gasteiger partial charge in [0.05, 0.1) is 0 Å². The van der Waals surface area contributed by atoms with Crippen molar-refractivity contribution in [2.24, 2.45) is 0 Å². The zero-order valence-electron chi connectivity index (χ0n) is 10.1. The summed E-state index contributed by atoms with van der Waals surface area (Å²) in [5.74, 6) is -1.10. The number of halogens is 3. The number of amides is 2. The maximum Gasteiger partial charge on any atom is 0.405 e. The standard InChI is InChI=1S/C12H11F3N2O3/c13-12(14,15)7-16-11(20)17-9-4-1-8(2-5-9)3-6-10(18)19/h1-6H,7H2,(H,18,19)(H2,16,17,20)/b6-3+. The number of benzene rings is 1. The molecule has 108 valence electrons. The average Bonchev–Trinajstić information content (AvgIpc) is 2.35. The van der Waals surface area contributed by atoms with Gasteiger partial charge in [-0.1, -0.05) is 12.1 Å². The minimum absolute atomic E-state index is 0.289. The second-order valence-corrected chi connectivity index (χ2v) is 3.72. The first-order chi connectivity index (χ1) is 9.26. The number of hydrogen-bond acceptors (Lipinski definition) is 2. The number of carboxylic acid groups (broad SMARTS) is 1. The molecule has 8 heteroatoms. The molecule has 0 aliphatic rings. The predicted molar refractivity (Wildman–Crippen MR) is 66.2 cm³/mol. The lowest BCUT2D eigenvalue weighted by Crippen LogP contribution is -2.36. The van der Waals surface area contributed by atoms with Crippen LogP contribution < -0.4 is 10.6 Å². The first-order valence-corrected chi connectivity index (χ1v) is 5.39. The Kier molecular flexibility index (Phi) is 5.13. The number of carbonyl (C=O) groups excluding carboxylic acids is 1. The van der Waals surface area contributed by atoms with Crippen LogP contribution in [0, 0.1) is 0 Å². The minimum atomic E-state index is -4.47. The smallest absolute Gasteiger partial charge is 0.405 e. The van der Waals surface area contributed by atoms with E-state index in [1.165, 1.54) is 30.3 Å². The van der Waals surface area contributed by atoms with Crippen molar-refractivity contribution < 1.29 is 27.9 Å². The molecule has 0 saturated carbocycles. The highest BCUT2D eigenvalue weighted by molar-refractivity contribution is 5.89. The van der Waals surface area contributed by atoms with Gasteiger partial charge in [-0.05, 0) is 23.8 Å². The molecule has 20 heavy (non-hydrogen) atoms. The van der Waals surface area contributed by atoms with Crippen molar-refractivity contribution in [2.45, 2.75) is 6.18 Å². The summed E-state index contributed by atoms with van der Waals surface area (Å²) in [5, 5.41) is 12.3. The van der Waals surface area contributed by atoms with Crippen molar-refractivity contribution in [3.05, 3.63) is 35.9 Å². The highest BCUT2D eigenvalue weighted by atomic mass is 19.4. The quantitative estimate of drug-likeness (QED) is 0.745. The Labute approximate surface area is 112 Å². The Bertz CT molecular complexity index is 510. The zero-order valence-corrected chi connectivity index (χ0v) is 10.1. The normalized spacial score (nSPS) is 11.3. The van der Waals surface area contributed by atoms with Crippen molar-refractivity contribution in [3.63, 3.8) is 0 Å². The van der Waals surface area contributed by atoms with Crippen molar-refractivity contribution in [1.29, 1.82) is 0 Å². The summed E-state index contributed by atoms with van der Waals surface area (Å²) < 4.78 is 35.6. The Morgan fingerprint density at radius 3 is 2.30 bits per heavy atom. The molecule has 0 aliphatic carbocycles. The van der Waals surface area contributed by atoms with Crippen molar-refractivity contribution in [2.75, 3.05) is 11.9 Å². The van der Waals surface area contributed by atoms with Crippen LogP contribution in [0.3, 0.4) is 0 Å². The summed E-state index contributed by atoms with van der Waals surface area (Å²) in [7, 11) is 0. The van der Waals surface area contributed by atoms with Crippen LogP contribution in [0.5, 0.6) is 0 Å². The molecule has 1 aromatic carbocycles. The molecular weight excluding hydrogens is 277 g/mol. The number of hydrogen-bond donors (Lipinski definition) is 3. The summed E-state index contributed by atoms with van der Waals surface area (Å²) in [6, 6.07) is 4.93. The Balaban J connectivity index is 2.53. The van der Waals surface area contributed by atoms with E-state index in [2.05, 4.69) is 5.32 Å². The highest BCUT2D eigenvalue weighted by Gasteiger charge is 2.27. The largest absolute Gasteiger partial charge is 0.478 e. The third-order valence-electron chi connectivity index (χ3n) is 2.04. The van der Waals surface area contributed by atoms with Gasteiger partial charge in [0, 0.05) is 11.8 Å². The van der Waals surface area contributed by atoms with Gasteiger partial charge in [0.15, 0.2) is 0 Å². The third kappa shape index (κ3) is 6.43. The van der Waals surface area contributed by atoms with Crippen LogP contribution >= 0.6 is 0 Å². The predicted octanol–water partition coefficient (Wildman–Crippen LogP) is 2.47. The molecule has 0 unspecified atom stereocenters. The van der Waals surface area contributed by atoms with Crippen LogP contribution in [0.1, 0.15) is 5.56 Å². The van der Waals surface area contributed by atoms with Gasteiger partial charge in [-0.3, -0.25) is 0 Å². The van der Waals surface area contributed by atoms with E-state index in [9.17, 15) is 22.8 Å². The number of alkyl halides is 3. The summed E-state index contributed by atoms with van der Waals surface area (Å²) in [4.78, 5) is 21.4. The molecular formula is C12H11F3N2O3. The Morgan fingerprint density at radius 1 is 1.20 bits per heavy atom. The summed E-state index contributed by atoms with van der Waals surface area (Å²) in [6.07, 6.45) is -2.18. The lowest BCUT2D eigenvalue weighted by atomic mass is 10.2. The van der Waals surface area contributed by atoms with Gasteiger partial charge >= 0.3 is 18.2 Å². The van der Waals surface area contributed by atoms with Crippen LogP contribution in [-0.2, 0) is 4.79 Å². The molecule has 1 aromatic rings. The van der Waals surface area contributed by atoms with Gasteiger partial charge < -0.3 is 15.7 Å². The molecule has 0 fully saturated rings. The number of urea groups is 1. The maximum absolute atomic E-state index is 11.9. The topological polar surface area (TPSA) is 78.4 Å². The molecule has 0 spiro atoms. The van der Waals surface area contributed by atoms with Crippen LogP contribution in [-0.4, -0.2) is 29.8 Å². The molecule has 3 N–H and O–H groups in total. The van der Waals surface area contributed by atoms with Crippen molar-refractivity contribution >= 4 is 23.8 Å². The van der Waals surface area contributed by atoms with E-state index in [0.29, 0.717) is 5.56 Å². The number of aliphatic carboxylic acids is 1. The molecule has 5 nitrogen and oxygen atoms in total. The van der Waals surface area contributed by atoms with Gasteiger partial charge in [0.25, 0.3) is 0 Å². The second-order valence-electron chi connectivity index (χ2n) is 3.72. The van der Waals surface area contributed by atoms with Crippen LogP contribution in [0.15, 0.2) is 30.3 Å². The second kappa shape index (κ2) is 6.60. The number of carboxylic acids is 1. The molecule has 0 heterocycles. The molecule has 0 bridgehead atoms. The summed E-state index contributed by atoms with van der Waals surface area (Å²) in [5.41, 5.74) is 0.866. The monoisotopic (exact) mass is 288 g/mol. The highest BCUT2D eigenvalue weighted by Crippen LogP contribution is 2.13. The lowest BCUT2D eigenvalue weighted by molar-refractivity contribution is -0.131. The maximum atomic E-state index is 11.9. The van der Waals surface area contributed by atoms with E-state index in [4.69, 9.17) is 5.11 Å². The molecule has 0 aliphatic heterocycles. The Morgan fingerprint density at radius 2 is 1.80 bits per heavy atom. The van der Waals surface area contributed by atoms with Gasteiger partial charge in [-0.2, -0.15) is 13.2 Å². The fourth-order valence-electron chi connectivity index (χ4n) is 1.20. The third-order valence-corrected chi connectivity index (χ3v) is 2.04. The van der Waals surface area contributed by atoms with E-state index in [-0.39, 0.29) is 5.69 Å². The molecule has 2 amide bonds. The van der Waals surface area contributed by atoms with E-state index in [1.807, 2.05) is 0 Å². The number of carbonyl (C=O) groups is 2. The number of nitrogens with one attached hydrogen (secondary N) is 2.